The Balaban J connectivity index is 1.09. The Labute approximate surface area is 216 Å². The largest absolute Gasteiger partial charge is 0.494 e. The zero-order valence-electron chi connectivity index (χ0n) is 20.8. The lowest BCUT2D eigenvalue weighted by Gasteiger charge is -2.27. The molecular formula is C28H32N2O7. The number of carbonyl (C=O) groups is 4. The molecule has 1 unspecified atom stereocenters. The number of benzene rings is 2. The molecule has 37 heavy (non-hydrogen) atoms. The number of ether oxygens (including phenoxy) is 3. The summed E-state index contributed by atoms with van der Waals surface area (Å²) in [4.78, 5) is 50.1. The molecule has 0 aliphatic carbocycles. The van der Waals surface area contributed by atoms with Gasteiger partial charge in [0.1, 0.15) is 11.8 Å². The first kappa shape index (κ1) is 26.5. The van der Waals surface area contributed by atoms with Crippen LogP contribution in [0.2, 0.25) is 0 Å². The Kier molecular flexibility index (Phi) is 9.40. The molecule has 1 N–H and O–H groups in total. The number of carbonyl (C=O) groups excluding carboxylic acids is 4. The highest BCUT2D eigenvalue weighted by Crippen LogP contribution is 2.30. The van der Waals surface area contributed by atoms with Gasteiger partial charge in [0, 0.05) is 26.2 Å². The minimum Gasteiger partial charge on any atom is -0.494 e. The van der Waals surface area contributed by atoms with Crippen LogP contribution in [0.15, 0.2) is 48.5 Å². The summed E-state index contributed by atoms with van der Waals surface area (Å²) in [5.41, 5.74) is 1.62. The normalized spacial score (nSPS) is 17.2. The summed E-state index contributed by atoms with van der Waals surface area (Å²) in [6, 6.07) is 13.9. The molecule has 4 amide bonds. The third-order valence-electron chi connectivity index (χ3n) is 6.30. The maximum Gasteiger partial charge on any atom is 0.262 e. The quantitative estimate of drug-likeness (QED) is 0.308. The van der Waals surface area contributed by atoms with E-state index in [0.717, 1.165) is 30.6 Å². The second kappa shape index (κ2) is 13.1. The number of imide groups is 2. The van der Waals surface area contributed by atoms with Crippen LogP contribution in [0.5, 0.6) is 5.75 Å². The fourth-order valence-corrected chi connectivity index (χ4v) is 4.31. The van der Waals surface area contributed by atoms with Crippen molar-refractivity contribution in [3.05, 3.63) is 65.2 Å². The van der Waals surface area contributed by atoms with Gasteiger partial charge in [0.2, 0.25) is 11.8 Å². The van der Waals surface area contributed by atoms with Crippen molar-refractivity contribution < 1.29 is 33.4 Å². The smallest absolute Gasteiger partial charge is 0.262 e. The number of unbranched alkanes of at least 4 members (excludes halogenated alkanes) is 2. The van der Waals surface area contributed by atoms with Crippen LogP contribution >= 0.6 is 0 Å². The van der Waals surface area contributed by atoms with Crippen molar-refractivity contribution in [2.75, 3.05) is 26.4 Å². The van der Waals surface area contributed by atoms with Crippen LogP contribution in [0, 0.1) is 0 Å². The molecule has 2 aromatic rings. The predicted molar refractivity (Wildman–Crippen MR) is 134 cm³/mol. The van der Waals surface area contributed by atoms with Crippen LogP contribution in [0.1, 0.15) is 64.8 Å². The fraction of sp³-hybridized carbons (Fsp3) is 0.429. The Morgan fingerprint density at radius 3 is 2.19 bits per heavy atom. The molecule has 2 heterocycles. The molecule has 1 saturated heterocycles. The molecule has 0 bridgehead atoms. The van der Waals surface area contributed by atoms with Crippen molar-refractivity contribution in [2.24, 2.45) is 0 Å². The minimum atomic E-state index is -0.976. The Hall–Kier alpha value is -3.56. The summed E-state index contributed by atoms with van der Waals surface area (Å²) in [5.74, 6) is -1.61. The van der Waals surface area contributed by atoms with Gasteiger partial charge < -0.3 is 14.2 Å². The van der Waals surface area contributed by atoms with E-state index in [-0.39, 0.29) is 24.0 Å². The Morgan fingerprint density at radius 1 is 0.784 bits per heavy atom. The van der Waals surface area contributed by atoms with Crippen LogP contribution in [-0.4, -0.2) is 61.0 Å². The minimum absolute atomic E-state index is 0.0884. The molecule has 1 atom stereocenters. The van der Waals surface area contributed by atoms with E-state index in [0.29, 0.717) is 38.8 Å². The van der Waals surface area contributed by atoms with Gasteiger partial charge in [0.05, 0.1) is 24.3 Å². The van der Waals surface area contributed by atoms with Crippen LogP contribution < -0.4 is 10.1 Å². The molecular weight excluding hydrogens is 476 g/mol. The van der Waals surface area contributed by atoms with Crippen molar-refractivity contribution >= 4 is 23.6 Å². The zero-order chi connectivity index (χ0) is 26.0. The lowest BCUT2D eigenvalue weighted by molar-refractivity contribution is -0.136. The highest BCUT2D eigenvalue weighted by atomic mass is 16.5. The number of hydrogen-bond acceptors (Lipinski definition) is 7. The highest BCUT2D eigenvalue weighted by molar-refractivity contribution is 6.23. The first-order valence-corrected chi connectivity index (χ1v) is 12.7. The van der Waals surface area contributed by atoms with E-state index in [4.69, 9.17) is 14.2 Å². The number of fused-ring (bicyclic) bond motifs is 1. The molecule has 196 valence electrons. The maximum atomic E-state index is 12.9. The van der Waals surface area contributed by atoms with Gasteiger partial charge in [-0.3, -0.25) is 29.4 Å². The SMILES string of the molecule is O=C1CCC(N2C(=O)c3ccc(OCCCCOCCCCOCc4ccccc4)cc3C2=O)C(=O)N1. The van der Waals surface area contributed by atoms with Gasteiger partial charge in [-0.1, -0.05) is 30.3 Å². The van der Waals surface area contributed by atoms with Gasteiger partial charge in [-0.15, -0.1) is 0 Å². The molecule has 0 saturated carbocycles. The maximum absolute atomic E-state index is 12.9. The van der Waals surface area contributed by atoms with Gasteiger partial charge in [0.15, 0.2) is 0 Å². The van der Waals surface area contributed by atoms with Gasteiger partial charge >= 0.3 is 0 Å². The average molecular weight is 509 g/mol. The van der Waals surface area contributed by atoms with Gasteiger partial charge in [-0.25, -0.2) is 0 Å². The number of amides is 4. The summed E-state index contributed by atoms with van der Waals surface area (Å²) in [7, 11) is 0. The fourth-order valence-electron chi connectivity index (χ4n) is 4.31. The van der Waals surface area contributed by atoms with E-state index in [1.807, 2.05) is 18.2 Å². The highest BCUT2D eigenvalue weighted by Gasteiger charge is 2.44. The van der Waals surface area contributed by atoms with Crippen LogP contribution in [-0.2, 0) is 25.7 Å². The lowest BCUT2D eigenvalue weighted by Crippen LogP contribution is -2.54. The standard InChI is InChI=1S/C28H32N2O7/c31-25-13-12-24(26(32)29-25)30-27(33)22-11-10-21(18-23(22)28(30)34)37-17-7-6-15-35-14-4-5-16-36-19-20-8-2-1-3-9-20/h1-3,8-11,18,24H,4-7,12-17,19H2,(H,29,31,32). The lowest BCUT2D eigenvalue weighted by atomic mass is 10.0. The predicted octanol–water partition coefficient (Wildman–Crippen LogP) is 3.26. The van der Waals surface area contributed by atoms with Crippen LogP contribution in [0.25, 0.3) is 0 Å². The molecule has 9 nitrogen and oxygen atoms in total. The number of piperidine rings is 1. The van der Waals surface area contributed by atoms with Crippen molar-refractivity contribution in [1.82, 2.24) is 10.2 Å². The van der Waals surface area contributed by atoms with Gasteiger partial charge in [0.25, 0.3) is 11.8 Å². The summed E-state index contributed by atoms with van der Waals surface area (Å²) < 4.78 is 17.1. The monoisotopic (exact) mass is 508 g/mol. The molecule has 9 heteroatoms. The molecule has 4 rings (SSSR count). The van der Waals surface area contributed by atoms with Crippen molar-refractivity contribution in [3.63, 3.8) is 0 Å². The van der Waals surface area contributed by atoms with Crippen molar-refractivity contribution in [2.45, 2.75) is 51.2 Å². The molecule has 2 aliphatic rings. The first-order valence-electron chi connectivity index (χ1n) is 12.7. The topological polar surface area (TPSA) is 111 Å². The summed E-state index contributed by atoms with van der Waals surface area (Å²) in [5, 5.41) is 2.19. The molecule has 2 aliphatic heterocycles. The van der Waals surface area contributed by atoms with E-state index < -0.39 is 29.7 Å². The van der Waals surface area contributed by atoms with E-state index in [1.54, 1.807) is 12.1 Å². The van der Waals surface area contributed by atoms with E-state index in [2.05, 4.69) is 17.4 Å². The molecule has 0 aromatic heterocycles. The van der Waals surface area contributed by atoms with E-state index in [9.17, 15) is 19.2 Å². The second-order valence-corrected chi connectivity index (χ2v) is 9.07. The summed E-state index contributed by atoms with van der Waals surface area (Å²) >= 11 is 0. The van der Waals surface area contributed by atoms with Gasteiger partial charge in [-0.2, -0.15) is 0 Å². The number of hydrogen-bond donors (Lipinski definition) is 1. The Bertz CT molecular complexity index is 1120. The van der Waals surface area contributed by atoms with E-state index in [1.165, 1.54) is 11.6 Å². The number of rotatable bonds is 14. The number of nitrogens with zero attached hydrogens (tertiary/aromatic N) is 1. The molecule has 0 radical (unpaired) electrons. The third kappa shape index (κ3) is 7.02. The van der Waals surface area contributed by atoms with E-state index >= 15 is 0 Å². The Morgan fingerprint density at radius 2 is 1.46 bits per heavy atom. The van der Waals surface area contributed by atoms with Crippen LogP contribution in [0.3, 0.4) is 0 Å². The van der Waals surface area contributed by atoms with Crippen molar-refractivity contribution in [3.8, 4) is 5.75 Å². The average Bonchev–Trinajstić information content (AvgIpc) is 3.14. The zero-order valence-corrected chi connectivity index (χ0v) is 20.8. The third-order valence-corrected chi connectivity index (χ3v) is 6.30. The molecule has 0 spiro atoms. The second-order valence-electron chi connectivity index (χ2n) is 9.07. The number of nitrogens with one attached hydrogen (secondary N) is 1. The van der Waals surface area contributed by atoms with Gasteiger partial charge in [-0.05, 0) is 55.9 Å². The van der Waals surface area contributed by atoms with Crippen molar-refractivity contribution in [1.29, 1.82) is 0 Å². The summed E-state index contributed by atoms with van der Waals surface area (Å²) in [6.45, 7) is 3.14. The first-order chi connectivity index (χ1) is 18.0. The summed E-state index contributed by atoms with van der Waals surface area (Å²) in [6.07, 6.45) is 3.75. The molecule has 2 aromatic carbocycles. The molecule has 1 fully saturated rings. The van der Waals surface area contributed by atoms with Crippen LogP contribution in [0.4, 0.5) is 0 Å².